The van der Waals surface area contributed by atoms with Gasteiger partial charge in [-0.05, 0) is 39.8 Å². The summed E-state index contributed by atoms with van der Waals surface area (Å²) < 4.78 is 0. The summed E-state index contributed by atoms with van der Waals surface area (Å²) in [5, 5.41) is 12.5. The molecule has 1 heterocycles. The van der Waals surface area contributed by atoms with E-state index in [4.69, 9.17) is 0 Å². The number of aliphatic hydroxyl groups excluding tert-OH is 1. The van der Waals surface area contributed by atoms with Crippen molar-refractivity contribution in [3.63, 3.8) is 0 Å². The zero-order valence-electron chi connectivity index (χ0n) is 13.5. The standard InChI is InChI=1S/C16H24N4O2/c1-10(2)20(9-11(3)21)16(22)17-12(4)15-18-13-7-5-6-8-14(13)19-15/h5-8,10-12,21H,9H2,1-4H3,(H,17,22)(H,18,19). The SMILES string of the molecule is CC(O)CN(C(=O)NC(C)c1nc2ccccc2[nH]1)C(C)C. The number of nitrogens with one attached hydrogen (secondary N) is 2. The van der Waals surface area contributed by atoms with E-state index < -0.39 is 6.10 Å². The molecule has 0 aliphatic carbocycles. The van der Waals surface area contributed by atoms with Crippen LogP contribution in [0.3, 0.4) is 0 Å². The van der Waals surface area contributed by atoms with Gasteiger partial charge in [-0.3, -0.25) is 0 Å². The summed E-state index contributed by atoms with van der Waals surface area (Å²) >= 11 is 0. The van der Waals surface area contributed by atoms with E-state index in [0.717, 1.165) is 16.9 Å². The van der Waals surface area contributed by atoms with E-state index in [1.807, 2.05) is 45.0 Å². The Labute approximate surface area is 130 Å². The lowest BCUT2D eigenvalue weighted by molar-refractivity contribution is 0.117. The molecule has 0 radical (unpaired) electrons. The van der Waals surface area contributed by atoms with Crippen molar-refractivity contribution >= 4 is 17.1 Å². The van der Waals surface area contributed by atoms with Gasteiger partial charge in [0.1, 0.15) is 5.82 Å². The molecule has 0 spiro atoms. The molecule has 1 aromatic heterocycles. The molecule has 2 rings (SSSR count). The van der Waals surface area contributed by atoms with Gasteiger partial charge in [-0.25, -0.2) is 9.78 Å². The molecule has 2 unspecified atom stereocenters. The van der Waals surface area contributed by atoms with Gasteiger partial charge in [0.15, 0.2) is 0 Å². The van der Waals surface area contributed by atoms with Crippen molar-refractivity contribution in [2.45, 2.75) is 45.9 Å². The smallest absolute Gasteiger partial charge is 0.318 e. The number of aromatic nitrogens is 2. The Bertz CT molecular complexity index is 603. The predicted octanol–water partition coefficient (Wildman–Crippen LogP) is 2.42. The van der Waals surface area contributed by atoms with E-state index in [2.05, 4.69) is 15.3 Å². The van der Waals surface area contributed by atoms with Crippen LogP contribution < -0.4 is 5.32 Å². The Morgan fingerprint density at radius 3 is 2.59 bits per heavy atom. The number of fused-ring (bicyclic) bond motifs is 1. The molecule has 120 valence electrons. The summed E-state index contributed by atoms with van der Waals surface area (Å²) in [6.07, 6.45) is -0.561. The number of hydrogen-bond donors (Lipinski definition) is 3. The molecule has 22 heavy (non-hydrogen) atoms. The maximum Gasteiger partial charge on any atom is 0.318 e. The molecule has 2 atom stereocenters. The molecular formula is C16H24N4O2. The Hall–Kier alpha value is -2.08. The number of carbonyl (C=O) groups excluding carboxylic acids is 1. The van der Waals surface area contributed by atoms with Crippen LogP contribution in [0.15, 0.2) is 24.3 Å². The largest absolute Gasteiger partial charge is 0.392 e. The van der Waals surface area contributed by atoms with Crippen LogP contribution in [0.4, 0.5) is 4.79 Å². The van der Waals surface area contributed by atoms with Gasteiger partial charge in [0.25, 0.3) is 0 Å². The zero-order chi connectivity index (χ0) is 16.3. The highest BCUT2D eigenvalue weighted by molar-refractivity contribution is 5.76. The lowest BCUT2D eigenvalue weighted by atomic mass is 10.2. The minimum absolute atomic E-state index is 0.0115. The van der Waals surface area contributed by atoms with Gasteiger partial charge in [-0.15, -0.1) is 0 Å². The summed E-state index contributed by atoms with van der Waals surface area (Å²) in [6, 6.07) is 7.32. The first-order chi connectivity index (χ1) is 10.4. The fraction of sp³-hybridized carbons (Fsp3) is 0.500. The average molecular weight is 304 g/mol. The van der Waals surface area contributed by atoms with Crippen LogP contribution in [-0.4, -0.2) is 44.7 Å². The molecule has 0 bridgehead atoms. The van der Waals surface area contributed by atoms with E-state index in [-0.39, 0.29) is 18.1 Å². The Kier molecular flexibility index (Phi) is 5.03. The van der Waals surface area contributed by atoms with E-state index in [9.17, 15) is 9.90 Å². The fourth-order valence-electron chi connectivity index (χ4n) is 2.33. The van der Waals surface area contributed by atoms with Gasteiger partial charge in [0.2, 0.25) is 0 Å². The molecule has 6 nitrogen and oxygen atoms in total. The van der Waals surface area contributed by atoms with Crippen molar-refractivity contribution < 1.29 is 9.90 Å². The minimum Gasteiger partial charge on any atom is -0.392 e. The van der Waals surface area contributed by atoms with Crippen molar-refractivity contribution in [2.24, 2.45) is 0 Å². The Morgan fingerprint density at radius 2 is 2.00 bits per heavy atom. The zero-order valence-corrected chi connectivity index (χ0v) is 13.5. The molecule has 2 amide bonds. The van der Waals surface area contributed by atoms with Gasteiger partial charge in [-0.2, -0.15) is 0 Å². The lowest BCUT2D eigenvalue weighted by Crippen LogP contribution is -2.47. The van der Waals surface area contributed by atoms with Crippen LogP contribution in [0.2, 0.25) is 0 Å². The Morgan fingerprint density at radius 1 is 1.32 bits per heavy atom. The molecule has 2 aromatic rings. The fourth-order valence-corrected chi connectivity index (χ4v) is 2.33. The molecule has 1 aromatic carbocycles. The second-order valence-corrected chi connectivity index (χ2v) is 5.91. The van der Waals surface area contributed by atoms with Crippen LogP contribution in [0.25, 0.3) is 11.0 Å². The van der Waals surface area contributed by atoms with Crippen molar-refractivity contribution in [2.75, 3.05) is 6.54 Å². The number of aliphatic hydroxyl groups is 1. The van der Waals surface area contributed by atoms with Gasteiger partial charge < -0.3 is 20.3 Å². The van der Waals surface area contributed by atoms with Crippen molar-refractivity contribution in [1.29, 1.82) is 0 Å². The lowest BCUT2D eigenvalue weighted by Gasteiger charge is -2.29. The number of nitrogens with zero attached hydrogens (tertiary/aromatic N) is 2. The van der Waals surface area contributed by atoms with E-state index >= 15 is 0 Å². The molecule has 0 saturated heterocycles. The second kappa shape index (κ2) is 6.79. The van der Waals surface area contributed by atoms with Gasteiger partial charge in [0, 0.05) is 12.6 Å². The number of benzene rings is 1. The highest BCUT2D eigenvalue weighted by atomic mass is 16.3. The summed E-state index contributed by atoms with van der Waals surface area (Å²) in [4.78, 5) is 21.7. The number of carbonyl (C=O) groups is 1. The maximum absolute atomic E-state index is 12.4. The normalized spacial score (nSPS) is 14.1. The summed E-state index contributed by atoms with van der Waals surface area (Å²) in [7, 11) is 0. The topological polar surface area (TPSA) is 81.2 Å². The van der Waals surface area contributed by atoms with Crippen molar-refractivity contribution in [3.05, 3.63) is 30.1 Å². The van der Waals surface area contributed by atoms with Crippen LogP contribution in [0, 0.1) is 0 Å². The van der Waals surface area contributed by atoms with Crippen LogP contribution in [0.1, 0.15) is 39.6 Å². The predicted molar refractivity (Wildman–Crippen MR) is 86.6 cm³/mol. The number of H-pyrrole nitrogens is 1. The first-order valence-corrected chi connectivity index (χ1v) is 7.58. The average Bonchev–Trinajstić information content (AvgIpc) is 2.88. The van der Waals surface area contributed by atoms with Gasteiger partial charge in [0.05, 0.1) is 23.2 Å². The third kappa shape index (κ3) is 3.76. The minimum atomic E-state index is -0.561. The third-order valence-corrected chi connectivity index (χ3v) is 3.50. The van der Waals surface area contributed by atoms with E-state index in [0.29, 0.717) is 6.54 Å². The van der Waals surface area contributed by atoms with Crippen molar-refractivity contribution in [1.82, 2.24) is 20.2 Å². The third-order valence-electron chi connectivity index (χ3n) is 3.50. The molecular weight excluding hydrogens is 280 g/mol. The number of aromatic amines is 1. The van der Waals surface area contributed by atoms with Crippen LogP contribution >= 0.6 is 0 Å². The first kappa shape index (κ1) is 16.3. The van der Waals surface area contributed by atoms with E-state index in [1.165, 1.54) is 0 Å². The molecule has 0 saturated carbocycles. The van der Waals surface area contributed by atoms with Gasteiger partial charge in [-0.1, -0.05) is 12.1 Å². The maximum atomic E-state index is 12.4. The molecule has 6 heteroatoms. The number of urea groups is 1. The molecule has 3 N–H and O–H groups in total. The second-order valence-electron chi connectivity index (χ2n) is 5.91. The molecule has 0 aliphatic heterocycles. The number of rotatable bonds is 5. The highest BCUT2D eigenvalue weighted by Gasteiger charge is 2.21. The van der Waals surface area contributed by atoms with Gasteiger partial charge >= 0.3 is 6.03 Å². The number of hydrogen-bond acceptors (Lipinski definition) is 3. The monoisotopic (exact) mass is 304 g/mol. The van der Waals surface area contributed by atoms with Crippen LogP contribution in [0.5, 0.6) is 0 Å². The number of para-hydroxylation sites is 2. The first-order valence-electron chi connectivity index (χ1n) is 7.58. The summed E-state index contributed by atoms with van der Waals surface area (Å²) in [6.45, 7) is 7.71. The van der Waals surface area contributed by atoms with E-state index in [1.54, 1.807) is 11.8 Å². The Balaban J connectivity index is 2.09. The quantitative estimate of drug-likeness (QED) is 0.793. The molecule has 0 fully saturated rings. The van der Waals surface area contributed by atoms with Crippen molar-refractivity contribution in [3.8, 4) is 0 Å². The highest BCUT2D eigenvalue weighted by Crippen LogP contribution is 2.16. The summed E-state index contributed by atoms with van der Waals surface area (Å²) in [5.74, 6) is 0.718. The molecule has 0 aliphatic rings. The number of imidazole rings is 1. The number of amides is 2. The summed E-state index contributed by atoms with van der Waals surface area (Å²) in [5.41, 5.74) is 1.83. The van der Waals surface area contributed by atoms with Crippen LogP contribution in [-0.2, 0) is 0 Å².